The minimum absolute atomic E-state index is 0.614. The van der Waals surface area contributed by atoms with Gasteiger partial charge in [-0.05, 0) is 24.3 Å². The van der Waals surface area contributed by atoms with E-state index in [1.807, 2.05) is 36.5 Å². The quantitative estimate of drug-likeness (QED) is 0.318. The van der Waals surface area contributed by atoms with Gasteiger partial charge in [0.2, 0.25) is 0 Å². The van der Waals surface area contributed by atoms with Crippen molar-refractivity contribution in [2.24, 2.45) is 0 Å². The van der Waals surface area contributed by atoms with E-state index in [0.717, 1.165) is 33.3 Å². The Balaban J connectivity index is 1.33. The molecule has 0 radical (unpaired) electrons. The maximum absolute atomic E-state index is 6.08. The first-order valence-corrected chi connectivity index (χ1v) is 11.2. The molecule has 0 aliphatic carbocycles. The average Bonchev–Trinajstić information content (AvgIpc) is 3.58. The minimum atomic E-state index is 0.614. The number of hydrogen-bond acceptors (Lipinski definition) is 4. The van der Waals surface area contributed by atoms with Gasteiger partial charge in [-0.3, -0.25) is 0 Å². The maximum Gasteiger partial charge on any atom is 0.145 e. The van der Waals surface area contributed by atoms with Gasteiger partial charge in [0.15, 0.2) is 0 Å². The number of furan rings is 1. The molecule has 164 valence electrons. The van der Waals surface area contributed by atoms with Crippen LogP contribution >= 0.6 is 0 Å². The largest absolute Gasteiger partial charge is 0.494 e. The Kier molecular flexibility index (Phi) is 4.02. The lowest BCUT2D eigenvalue weighted by atomic mass is 10.1. The van der Waals surface area contributed by atoms with Crippen LogP contribution in [0.3, 0.4) is 0 Å². The smallest absolute Gasteiger partial charge is 0.145 e. The first-order valence-electron chi connectivity index (χ1n) is 11.2. The maximum atomic E-state index is 6.08. The fourth-order valence-electron chi connectivity index (χ4n) is 4.91. The molecule has 0 saturated heterocycles. The molecule has 0 N–H and O–H groups in total. The molecule has 34 heavy (non-hydrogen) atoms. The van der Waals surface area contributed by atoms with Gasteiger partial charge in [0.25, 0.3) is 0 Å². The number of nitrogens with zero attached hydrogens (tertiary/aromatic N) is 4. The van der Waals surface area contributed by atoms with E-state index in [2.05, 4.69) is 69.5 Å². The first-order chi connectivity index (χ1) is 16.8. The Bertz CT molecular complexity index is 1790. The summed E-state index contributed by atoms with van der Waals surface area (Å²) < 4.78 is 15.9. The third kappa shape index (κ3) is 2.75. The highest BCUT2D eigenvalue weighted by atomic mass is 16.5. The number of para-hydroxylation sites is 3. The fraction of sp³-hybridized carbons (Fsp3) is 0.0714. The van der Waals surface area contributed by atoms with Crippen LogP contribution in [0.1, 0.15) is 5.69 Å². The molecule has 3 aromatic heterocycles. The van der Waals surface area contributed by atoms with Crippen molar-refractivity contribution in [2.45, 2.75) is 6.54 Å². The zero-order valence-corrected chi connectivity index (χ0v) is 18.5. The van der Waals surface area contributed by atoms with Crippen LogP contribution < -0.4 is 4.74 Å². The molecule has 0 aliphatic heterocycles. The van der Waals surface area contributed by atoms with Gasteiger partial charge in [0.1, 0.15) is 28.3 Å². The van der Waals surface area contributed by atoms with Gasteiger partial charge in [-0.15, -0.1) is 5.10 Å². The van der Waals surface area contributed by atoms with Crippen molar-refractivity contribution < 1.29 is 9.15 Å². The zero-order chi connectivity index (χ0) is 22.6. The fourth-order valence-corrected chi connectivity index (χ4v) is 4.91. The molecule has 3 heterocycles. The molecular formula is C28H20N4O2. The average molecular weight is 444 g/mol. The van der Waals surface area contributed by atoms with Crippen LogP contribution in [-0.2, 0) is 6.54 Å². The highest BCUT2D eigenvalue weighted by molar-refractivity contribution is 6.08. The topological polar surface area (TPSA) is 58.0 Å². The third-order valence-electron chi connectivity index (χ3n) is 6.47. The zero-order valence-electron chi connectivity index (χ0n) is 18.5. The first kappa shape index (κ1) is 18.9. The number of fused-ring (bicyclic) bond motifs is 6. The Morgan fingerprint density at radius 2 is 1.44 bits per heavy atom. The second-order valence-corrected chi connectivity index (χ2v) is 8.39. The van der Waals surface area contributed by atoms with Gasteiger partial charge >= 0.3 is 0 Å². The van der Waals surface area contributed by atoms with E-state index in [1.165, 1.54) is 21.8 Å². The highest BCUT2D eigenvalue weighted by Crippen LogP contribution is 2.35. The molecule has 0 aliphatic rings. The molecule has 6 nitrogen and oxygen atoms in total. The van der Waals surface area contributed by atoms with E-state index in [-0.39, 0.29) is 0 Å². The summed E-state index contributed by atoms with van der Waals surface area (Å²) in [7, 11) is 1.67. The molecule has 7 aromatic rings. The number of ether oxygens (including phenoxy) is 1. The molecule has 0 fully saturated rings. The lowest BCUT2D eigenvalue weighted by molar-refractivity contribution is 0.412. The van der Waals surface area contributed by atoms with Crippen LogP contribution in [-0.4, -0.2) is 26.7 Å². The number of benzene rings is 4. The second-order valence-electron chi connectivity index (χ2n) is 8.39. The van der Waals surface area contributed by atoms with Crippen LogP contribution in [0.4, 0.5) is 0 Å². The van der Waals surface area contributed by atoms with Crippen LogP contribution in [0.5, 0.6) is 5.75 Å². The molecule has 0 unspecified atom stereocenters. The summed E-state index contributed by atoms with van der Waals surface area (Å²) in [6.45, 7) is 0.614. The molecular weight excluding hydrogens is 424 g/mol. The number of methoxy groups -OCH3 is 1. The second kappa shape index (κ2) is 7.22. The summed E-state index contributed by atoms with van der Waals surface area (Å²) in [5, 5.41) is 13.5. The molecule has 6 heteroatoms. The van der Waals surface area contributed by atoms with Crippen molar-refractivity contribution in [3.8, 4) is 11.4 Å². The van der Waals surface area contributed by atoms with Crippen molar-refractivity contribution in [1.29, 1.82) is 0 Å². The summed E-state index contributed by atoms with van der Waals surface area (Å²) in [5.74, 6) is 0.715. The molecule has 0 saturated carbocycles. The number of rotatable bonds is 4. The summed E-state index contributed by atoms with van der Waals surface area (Å²) in [4.78, 5) is 0. The minimum Gasteiger partial charge on any atom is -0.494 e. The summed E-state index contributed by atoms with van der Waals surface area (Å²) in [6, 6.07) is 28.9. The van der Waals surface area contributed by atoms with Crippen molar-refractivity contribution >= 4 is 43.7 Å². The van der Waals surface area contributed by atoms with Gasteiger partial charge in [-0.2, -0.15) is 0 Å². The van der Waals surface area contributed by atoms with Crippen molar-refractivity contribution in [3.05, 3.63) is 96.8 Å². The van der Waals surface area contributed by atoms with Gasteiger partial charge < -0.3 is 13.7 Å². The van der Waals surface area contributed by atoms with E-state index in [9.17, 15) is 0 Å². The third-order valence-corrected chi connectivity index (χ3v) is 6.47. The van der Waals surface area contributed by atoms with Crippen LogP contribution in [0, 0.1) is 0 Å². The predicted molar refractivity (Wildman–Crippen MR) is 134 cm³/mol. The Hall–Kier alpha value is -4.58. The monoisotopic (exact) mass is 444 g/mol. The van der Waals surface area contributed by atoms with E-state index in [1.54, 1.807) is 11.8 Å². The Morgan fingerprint density at radius 3 is 2.18 bits per heavy atom. The van der Waals surface area contributed by atoms with E-state index < -0.39 is 0 Å². The summed E-state index contributed by atoms with van der Waals surface area (Å²) in [6.07, 6.45) is 1.95. The van der Waals surface area contributed by atoms with Gasteiger partial charge in [-0.1, -0.05) is 59.8 Å². The van der Waals surface area contributed by atoms with Crippen LogP contribution in [0.2, 0.25) is 0 Å². The SMILES string of the molecule is COc1cc2c(cc1-n1cc(Cn3c4ccccc4c4ccccc43)nn1)oc1ccccc12. The van der Waals surface area contributed by atoms with Crippen molar-refractivity contribution in [2.75, 3.05) is 7.11 Å². The summed E-state index contributed by atoms with van der Waals surface area (Å²) in [5.41, 5.74) is 5.64. The highest BCUT2D eigenvalue weighted by Gasteiger charge is 2.16. The van der Waals surface area contributed by atoms with Crippen LogP contribution in [0.25, 0.3) is 49.4 Å². The number of hydrogen-bond donors (Lipinski definition) is 0. The van der Waals surface area contributed by atoms with E-state index in [0.29, 0.717) is 12.3 Å². The summed E-state index contributed by atoms with van der Waals surface area (Å²) >= 11 is 0. The van der Waals surface area contributed by atoms with Crippen LogP contribution in [0.15, 0.2) is 95.5 Å². The molecule has 0 spiro atoms. The van der Waals surface area contributed by atoms with Crippen molar-refractivity contribution in [1.82, 2.24) is 19.6 Å². The molecule has 0 atom stereocenters. The van der Waals surface area contributed by atoms with Gasteiger partial charge in [-0.25, -0.2) is 4.68 Å². The molecule has 0 bridgehead atoms. The van der Waals surface area contributed by atoms with Crippen molar-refractivity contribution in [3.63, 3.8) is 0 Å². The Morgan fingerprint density at radius 1 is 0.765 bits per heavy atom. The van der Waals surface area contributed by atoms with Gasteiger partial charge in [0.05, 0.1) is 19.9 Å². The number of aromatic nitrogens is 4. The van der Waals surface area contributed by atoms with E-state index in [4.69, 9.17) is 9.15 Å². The predicted octanol–water partition coefficient (Wildman–Crippen LogP) is 6.33. The van der Waals surface area contributed by atoms with Gasteiger partial charge in [0, 0.05) is 38.6 Å². The normalized spacial score (nSPS) is 11.8. The molecule has 0 amide bonds. The lowest BCUT2D eigenvalue weighted by Gasteiger charge is -2.08. The molecule has 7 rings (SSSR count). The lowest BCUT2D eigenvalue weighted by Crippen LogP contribution is -2.00. The van der Waals surface area contributed by atoms with E-state index >= 15 is 0 Å². The standard InChI is InChI=1S/C28H20N4O2/c1-33-28-14-22-21-10-4-7-13-26(21)34-27(22)15-25(28)32-17-18(29-30-32)16-31-23-11-5-2-8-19(23)20-9-3-6-12-24(20)31/h2-15,17H,16H2,1H3. The molecule has 4 aromatic carbocycles. The Labute approximate surface area is 194 Å².